The molecule has 40 heavy (non-hydrogen) atoms. The van der Waals surface area contributed by atoms with Crippen molar-refractivity contribution in [1.82, 2.24) is 19.9 Å². The summed E-state index contributed by atoms with van der Waals surface area (Å²) in [6.45, 7) is 0.249. The Hall–Kier alpha value is -2.63. The molecule has 2 amide bonds. The van der Waals surface area contributed by atoms with Crippen LogP contribution in [0.2, 0.25) is 0 Å². The molecule has 2 aliphatic rings. The van der Waals surface area contributed by atoms with Crippen molar-refractivity contribution >= 4 is 43.6 Å². The second-order valence-corrected chi connectivity index (χ2v) is 13.4. The zero-order chi connectivity index (χ0) is 28.5. The van der Waals surface area contributed by atoms with E-state index in [-0.39, 0.29) is 42.1 Å². The molecule has 216 valence electrons. The third-order valence-electron chi connectivity index (χ3n) is 7.77. The average molecular weight is 634 g/mol. The molecule has 0 bridgehead atoms. The minimum Gasteiger partial charge on any atom is -0.345 e. The number of hydrogen-bond donors (Lipinski definition) is 2. The van der Waals surface area contributed by atoms with Crippen LogP contribution in [-0.4, -0.2) is 60.5 Å². The Morgan fingerprint density at radius 3 is 2.45 bits per heavy atom. The van der Waals surface area contributed by atoms with Crippen molar-refractivity contribution < 1.29 is 22.8 Å². The van der Waals surface area contributed by atoms with Gasteiger partial charge in [0.1, 0.15) is 6.04 Å². The van der Waals surface area contributed by atoms with Gasteiger partial charge >= 0.3 is 0 Å². The lowest BCUT2D eigenvalue weighted by molar-refractivity contribution is -0.129. The zero-order valence-corrected chi connectivity index (χ0v) is 25.0. The van der Waals surface area contributed by atoms with Crippen molar-refractivity contribution in [2.24, 2.45) is 5.92 Å². The first-order chi connectivity index (χ1) is 19.2. The van der Waals surface area contributed by atoms with Crippen LogP contribution in [0.1, 0.15) is 74.6 Å². The van der Waals surface area contributed by atoms with Crippen LogP contribution in [0.15, 0.2) is 58.2 Å². The van der Waals surface area contributed by atoms with Gasteiger partial charge in [0, 0.05) is 35.7 Å². The maximum absolute atomic E-state index is 13.5. The number of rotatable bonds is 9. The number of Topliss-reactive ketones (excluding diaryl/α,β-unsaturated/α-hetero) is 1. The lowest BCUT2D eigenvalue weighted by atomic mass is 9.85. The number of hydrogen-bond acceptors (Lipinski definition) is 6. The number of nitrogens with one attached hydrogen (secondary N) is 2. The zero-order valence-electron chi connectivity index (χ0n) is 22.6. The Balaban J connectivity index is 1.39. The second-order valence-electron chi connectivity index (χ2n) is 10.6. The van der Waals surface area contributed by atoms with E-state index in [1.54, 1.807) is 36.4 Å². The molecule has 1 aromatic carbocycles. The highest BCUT2D eigenvalue weighted by atomic mass is 79.9. The van der Waals surface area contributed by atoms with Gasteiger partial charge in [-0.1, -0.05) is 54.1 Å². The van der Waals surface area contributed by atoms with Crippen LogP contribution in [-0.2, 0) is 19.6 Å². The van der Waals surface area contributed by atoms with Gasteiger partial charge in [0.05, 0.1) is 6.04 Å². The molecular formula is C29H37BrN4O5S. The third kappa shape index (κ3) is 8.20. The molecule has 2 aromatic rings. The van der Waals surface area contributed by atoms with E-state index in [9.17, 15) is 22.8 Å². The summed E-state index contributed by atoms with van der Waals surface area (Å²) in [6, 6.07) is 10.1. The normalized spacial score (nSPS) is 20.2. The van der Waals surface area contributed by atoms with Gasteiger partial charge in [-0.3, -0.25) is 14.4 Å². The van der Waals surface area contributed by atoms with Gasteiger partial charge < -0.3 is 10.6 Å². The Morgan fingerprint density at radius 2 is 1.75 bits per heavy atom. The Bertz CT molecular complexity index is 1270. The predicted octanol–water partition coefficient (Wildman–Crippen LogP) is 4.23. The van der Waals surface area contributed by atoms with Gasteiger partial charge in [-0.05, 0) is 68.0 Å². The molecule has 0 radical (unpaired) electrons. The van der Waals surface area contributed by atoms with E-state index in [1.807, 2.05) is 0 Å². The molecule has 2 fully saturated rings. The number of aromatic nitrogens is 1. The van der Waals surface area contributed by atoms with Crippen LogP contribution in [0.4, 0.5) is 0 Å². The molecule has 11 heteroatoms. The van der Waals surface area contributed by atoms with Crippen molar-refractivity contribution in [3.8, 4) is 0 Å². The molecule has 1 unspecified atom stereocenters. The van der Waals surface area contributed by atoms with Gasteiger partial charge in [-0.15, -0.1) is 0 Å². The molecule has 2 N–H and O–H groups in total. The van der Waals surface area contributed by atoms with Crippen molar-refractivity contribution in [1.29, 1.82) is 0 Å². The summed E-state index contributed by atoms with van der Waals surface area (Å²) in [5.74, 6) is -0.406. The third-order valence-corrected chi connectivity index (χ3v) is 10.1. The molecule has 2 heterocycles. The molecule has 1 aliphatic heterocycles. The lowest BCUT2D eigenvalue weighted by Crippen LogP contribution is -2.52. The van der Waals surface area contributed by atoms with E-state index in [0.29, 0.717) is 30.7 Å². The highest BCUT2D eigenvalue weighted by Crippen LogP contribution is 2.28. The standard InChI is InChI=1S/C29H37BrN4O5S/c30-23-14-12-22(13-15-23)28(36)33-25(16-11-21-7-2-1-3-8-21)29(37)32-24-9-6-19-34(20-17-26(24)35)40(38,39)27-10-4-5-18-31-27/h4-5,10,12-15,18,21,24-25H,1-3,6-9,11,16-17,19-20H2,(H,32,37)(H,33,36)/t24?,25-/m0/s1. The number of benzene rings is 1. The number of amides is 2. The number of carbonyl (C=O) groups is 3. The molecule has 2 atom stereocenters. The van der Waals surface area contributed by atoms with Crippen LogP contribution in [0.5, 0.6) is 0 Å². The minimum atomic E-state index is -3.81. The number of pyridine rings is 1. The summed E-state index contributed by atoms with van der Waals surface area (Å²) in [7, 11) is -3.81. The van der Waals surface area contributed by atoms with Crippen molar-refractivity contribution in [2.45, 2.75) is 81.3 Å². The predicted molar refractivity (Wildman–Crippen MR) is 155 cm³/mol. The monoisotopic (exact) mass is 632 g/mol. The molecule has 1 saturated carbocycles. The molecule has 9 nitrogen and oxygen atoms in total. The Morgan fingerprint density at radius 1 is 1.00 bits per heavy atom. The number of nitrogens with zero attached hydrogens (tertiary/aromatic N) is 2. The first-order valence-electron chi connectivity index (χ1n) is 14.0. The van der Waals surface area contributed by atoms with E-state index in [1.165, 1.54) is 35.8 Å². The van der Waals surface area contributed by atoms with Gasteiger partial charge in [-0.25, -0.2) is 13.4 Å². The number of ketones is 1. The van der Waals surface area contributed by atoms with E-state index < -0.39 is 22.1 Å². The number of sulfonamides is 1. The highest BCUT2D eigenvalue weighted by Gasteiger charge is 2.32. The van der Waals surface area contributed by atoms with E-state index >= 15 is 0 Å². The van der Waals surface area contributed by atoms with Crippen molar-refractivity contribution in [3.05, 3.63) is 58.7 Å². The summed E-state index contributed by atoms with van der Waals surface area (Å²) >= 11 is 3.37. The average Bonchev–Trinajstić information content (AvgIpc) is 2.96. The molecule has 1 aliphatic carbocycles. The van der Waals surface area contributed by atoms with Crippen molar-refractivity contribution in [2.75, 3.05) is 13.1 Å². The van der Waals surface area contributed by atoms with Crippen LogP contribution in [0.3, 0.4) is 0 Å². The van der Waals surface area contributed by atoms with E-state index in [4.69, 9.17) is 0 Å². The van der Waals surface area contributed by atoms with Gasteiger partial charge in [-0.2, -0.15) is 4.31 Å². The maximum Gasteiger partial charge on any atom is 0.260 e. The number of halogens is 1. The molecular weight excluding hydrogens is 596 g/mol. The van der Waals surface area contributed by atoms with Gasteiger partial charge in [0.25, 0.3) is 15.9 Å². The summed E-state index contributed by atoms with van der Waals surface area (Å²) in [4.78, 5) is 43.5. The van der Waals surface area contributed by atoms with Crippen LogP contribution in [0.25, 0.3) is 0 Å². The van der Waals surface area contributed by atoms with Crippen molar-refractivity contribution in [3.63, 3.8) is 0 Å². The van der Waals surface area contributed by atoms with E-state index in [2.05, 4.69) is 31.5 Å². The lowest BCUT2D eigenvalue weighted by Gasteiger charge is -2.29. The minimum absolute atomic E-state index is 0.0188. The number of carbonyl (C=O) groups excluding carboxylic acids is 3. The van der Waals surface area contributed by atoms with Gasteiger partial charge in [0.15, 0.2) is 10.8 Å². The van der Waals surface area contributed by atoms with Crippen LogP contribution in [0, 0.1) is 5.92 Å². The Labute approximate surface area is 244 Å². The molecule has 4 rings (SSSR count). The summed E-state index contributed by atoms with van der Waals surface area (Å²) in [6.07, 6.45) is 9.34. The highest BCUT2D eigenvalue weighted by molar-refractivity contribution is 9.10. The largest absolute Gasteiger partial charge is 0.345 e. The second kappa shape index (κ2) is 14.3. The maximum atomic E-state index is 13.5. The molecule has 1 saturated heterocycles. The fraction of sp³-hybridized carbons (Fsp3) is 0.517. The smallest absolute Gasteiger partial charge is 0.260 e. The first-order valence-corrected chi connectivity index (χ1v) is 16.3. The molecule has 1 aromatic heterocycles. The summed E-state index contributed by atoms with van der Waals surface area (Å²) in [5, 5.41) is 5.74. The fourth-order valence-electron chi connectivity index (χ4n) is 5.44. The Kier molecular flexibility index (Phi) is 10.9. The van der Waals surface area contributed by atoms with Crippen LogP contribution >= 0.6 is 15.9 Å². The summed E-state index contributed by atoms with van der Waals surface area (Å²) in [5.41, 5.74) is 0.454. The topological polar surface area (TPSA) is 126 Å². The fourth-order valence-corrected chi connectivity index (χ4v) is 7.12. The summed E-state index contributed by atoms with van der Waals surface area (Å²) < 4.78 is 28.1. The van der Waals surface area contributed by atoms with Crippen LogP contribution < -0.4 is 10.6 Å². The molecule has 0 spiro atoms. The first kappa shape index (κ1) is 30.3. The van der Waals surface area contributed by atoms with E-state index in [0.717, 1.165) is 23.7 Å². The quantitative estimate of drug-likeness (QED) is 0.426. The van der Waals surface area contributed by atoms with Gasteiger partial charge in [0.2, 0.25) is 5.91 Å². The SMILES string of the molecule is O=C(N[C@@H](CCC1CCCCC1)C(=O)NC1CCCN(S(=O)(=O)c2ccccn2)CCC1=O)c1ccc(Br)cc1.